The Morgan fingerprint density at radius 1 is 1.39 bits per heavy atom. The zero-order chi connectivity index (χ0) is 13.7. The fourth-order valence-electron chi connectivity index (χ4n) is 1.73. The zero-order valence-electron chi connectivity index (χ0n) is 11.3. The average molecular weight is 250 g/mol. The third kappa shape index (κ3) is 3.74. The number of phenolic OH excluding ortho intramolecular Hbond substituents is 1. The Hall–Kier alpha value is -1.55. The molecule has 1 aromatic carbocycles. The minimum absolute atomic E-state index is 0.0441. The first kappa shape index (κ1) is 14.5. The van der Waals surface area contributed by atoms with Crippen molar-refractivity contribution in [3.05, 3.63) is 29.8 Å². The Labute approximate surface area is 108 Å². The molecule has 0 bridgehead atoms. The quantitative estimate of drug-likeness (QED) is 0.832. The number of phenols is 1. The topological polar surface area (TPSA) is 66.6 Å². The molecule has 18 heavy (non-hydrogen) atoms. The SMILES string of the molecule is CCC(C)N(C)C(=O)C(N)Cc1ccc(O)cc1. The lowest BCUT2D eigenvalue weighted by Crippen LogP contribution is -2.46. The molecule has 4 nitrogen and oxygen atoms in total. The maximum Gasteiger partial charge on any atom is 0.239 e. The van der Waals surface area contributed by atoms with Crippen LogP contribution in [0.25, 0.3) is 0 Å². The lowest BCUT2D eigenvalue weighted by atomic mass is 10.0. The van der Waals surface area contributed by atoms with Gasteiger partial charge in [0.25, 0.3) is 0 Å². The second-order valence-corrected chi connectivity index (χ2v) is 4.68. The molecule has 1 amide bonds. The van der Waals surface area contributed by atoms with Gasteiger partial charge in [-0.15, -0.1) is 0 Å². The number of hydrogen-bond donors (Lipinski definition) is 2. The number of rotatable bonds is 5. The van der Waals surface area contributed by atoms with E-state index >= 15 is 0 Å². The zero-order valence-corrected chi connectivity index (χ0v) is 11.3. The summed E-state index contributed by atoms with van der Waals surface area (Å²) in [5.41, 5.74) is 6.88. The molecular weight excluding hydrogens is 228 g/mol. The van der Waals surface area contributed by atoms with Gasteiger partial charge in [0.2, 0.25) is 5.91 Å². The molecule has 0 radical (unpaired) electrons. The van der Waals surface area contributed by atoms with Crippen LogP contribution < -0.4 is 5.73 Å². The van der Waals surface area contributed by atoms with Gasteiger partial charge >= 0.3 is 0 Å². The van der Waals surface area contributed by atoms with Crippen molar-refractivity contribution in [2.24, 2.45) is 5.73 Å². The highest BCUT2D eigenvalue weighted by Gasteiger charge is 2.21. The van der Waals surface area contributed by atoms with E-state index in [1.54, 1.807) is 36.2 Å². The summed E-state index contributed by atoms with van der Waals surface area (Å²) < 4.78 is 0. The lowest BCUT2D eigenvalue weighted by molar-refractivity contribution is -0.133. The van der Waals surface area contributed by atoms with E-state index in [0.29, 0.717) is 6.42 Å². The van der Waals surface area contributed by atoms with Gasteiger partial charge in [-0.2, -0.15) is 0 Å². The van der Waals surface area contributed by atoms with E-state index in [2.05, 4.69) is 0 Å². The third-order valence-corrected chi connectivity index (χ3v) is 3.31. The first-order valence-corrected chi connectivity index (χ1v) is 6.25. The molecule has 1 rings (SSSR count). The monoisotopic (exact) mass is 250 g/mol. The molecule has 0 aliphatic carbocycles. The van der Waals surface area contributed by atoms with Gasteiger partial charge in [-0.3, -0.25) is 4.79 Å². The summed E-state index contributed by atoms with van der Waals surface area (Å²) in [5.74, 6) is 0.174. The second-order valence-electron chi connectivity index (χ2n) is 4.68. The molecule has 0 aromatic heterocycles. The Kier molecular flexibility index (Phi) is 5.16. The van der Waals surface area contributed by atoms with Crippen molar-refractivity contribution in [3.8, 4) is 5.75 Å². The van der Waals surface area contributed by atoms with Crippen molar-refractivity contribution in [2.75, 3.05) is 7.05 Å². The molecule has 2 unspecified atom stereocenters. The van der Waals surface area contributed by atoms with Crippen LogP contribution in [0.4, 0.5) is 0 Å². The van der Waals surface area contributed by atoms with Gasteiger partial charge in [0.05, 0.1) is 6.04 Å². The molecule has 3 N–H and O–H groups in total. The normalized spacial score (nSPS) is 14.0. The van der Waals surface area contributed by atoms with Crippen molar-refractivity contribution >= 4 is 5.91 Å². The summed E-state index contributed by atoms with van der Waals surface area (Å²) in [4.78, 5) is 13.8. The van der Waals surface area contributed by atoms with Crippen LogP contribution in [0.5, 0.6) is 5.75 Å². The number of likely N-dealkylation sites (N-methyl/N-ethyl adjacent to an activating group) is 1. The fourth-order valence-corrected chi connectivity index (χ4v) is 1.73. The number of amides is 1. The van der Waals surface area contributed by atoms with Crippen LogP contribution in [0.2, 0.25) is 0 Å². The molecule has 0 aliphatic heterocycles. The summed E-state index contributed by atoms with van der Waals surface area (Å²) in [5, 5.41) is 9.19. The molecule has 1 aromatic rings. The highest BCUT2D eigenvalue weighted by Crippen LogP contribution is 2.12. The standard InChI is InChI=1S/C14H22N2O2/c1-4-10(2)16(3)14(18)13(15)9-11-5-7-12(17)8-6-11/h5-8,10,13,17H,4,9,15H2,1-3H3. The van der Waals surface area contributed by atoms with E-state index in [4.69, 9.17) is 5.73 Å². The van der Waals surface area contributed by atoms with Crippen LogP contribution in [0.1, 0.15) is 25.8 Å². The van der Waals surface area contributed by atoms with Gasteiger partial charge in [0.1, 0.15) is 5.75 Å². The fraction of sp³-hybridized carbons (Fsp3) is 0.500. The molecule has 0 fully saturated rings. The van der Waals surface area contributed by atoms with Crippen LogP contribution in [0.3, 0.4) is 0 Å². The van der Waals surface area contributed by atoms with Gasteiger partial charge in [-0.1, -0.05) is 19.1 Å². The van der Waals surface area contributed by atoms with Crippen molar-refractivity contribution in [2.45, 2.75) is 38.8 Å². The Morgan fingerprint density at radius 2 is 1.94 bits per heavy atom. The molecule has 100 valence electrons. The Bertz CT molecular complexity index is 389. The van der Waals surface area contributed by atoms with Crippen molar-refractivity contribution in [3.63, 3.8) is 0 Å². The minimum Gasteiger partial charge on any atom is -0.508 e. The first-order valence-electron chi connectivity index (χ1n) is 6.25. The highest BCUT2D eigenvalue weighted by atomic mass is 16.3. The van der Waals surface area contributed by atoms with Gasteiger partial charge in [-0.05, 0) is 37.5 Å². The van der Waals surface area contributed by atoms with Gasteiger partial charge in [0.15, 0.2) is 0 Å². The van der Waals surface area contributed by atoms with E-state index in [1.165, 1.54) is 0 Å². The molecule has 0 heterocycles. The number of nitrogens with zero attached hydrogens (tertiary/aromatic N) is 1. The highest BCUT2D eigenvalue weighted by molar-refractivity contribution is 5.82. The molecular formula is C14H22N2O2. The predicted octanol–water partition coefficient (Wildman–Crippen LogP) is 1.52. The van der Waals surface area contributed by atoms with Gasteiger partial charge in [-0.25, -0.2) is 0 Å². The van der Waals surface area contributed by atoms with Crippen LogP contribution in [-0.4, -0.2) is 35.0 Å². The smallest absolute Gasteiger partial charge is 0.239 e. The molecule has 0 spiro atoms. The molecule has 0 saturated heterocycles. The molecule has 4 heteroatoms. The summed E-state index contributed by atoms with van der Waals surface area (Å²) >= 11 is 0. The third-order valence-electron chi connectivity index (χ3n) is 3.31. The van der Waals surface area contributed by atoms with Crippen LogP contribution >= 0.6 is 0 Å². The molecule has 0 saturated carbocycles. The van der Waals surface area contributed by atoms with E-state index in [1.807, 2.05) is 13.8 Å². The summed E-state index contributed by atoms with van der Waals surface area (Å²) in [6, 6.07) is 6.43. The van der Waals surface area contributed by atoms with Crippen LogP contribution in [0.15, 0.2) is 24.3 Å². The Morgan fingerprint density at radius 3 is 2.44 bits per heavy atom. The van der Waals surface area contributed by atoms with Crippen molar-refractivity contribution in [1.82, 2.24) is 4.90 Å². The van der Waals surface area contributed by atoms with Gasteiger partial charge < -0.3 is 15.7 Å². The number of benzene rings is 1. The van der Waals surface area contributed by atoms with Crippen LogP contribution in [0, 0.1) is 0 Å². The maximum absolute atomic E-state index is 12.1. The van der Waals surface area contributed by atoms with E-state index < -0.39 is 6.04 Å². The number of hydrogen-bond acceptors (Lipinski definition) is 3. The number of carbonyl (C=O) groups excluding carboxylic acids is 1. The molecule has 2 atom stereocenters. The lowest BCUT2D eigenvalue weighted by Gasteiger charge is -2.26. The maximum atomic E-state index is 12.1. The van der Waals surface area contributed by atoms with Crippen molar-refractivity contribution in [1.29, 1.82) is 0 Å². The second kappa shape index (κ2) is 6.40. The van der Waals surface area contributed by atoms with Gasteiger partial charge in [0, 0.05) is 13.1 Å². The van der Waals surface area contributed by atoms with Crippen molar-refractivity contribution < 1.29 is 9.90 Å². The summed E-state index contributed by atoms with van der Waals surface area (Å²) in [7, 11) is 1.78. The summed E-state index contributed by atoms with van der Waals surface area (Å²) in [6.45, 7) is 4.05. The number of carbonyl (C=O) groups is 1. The van der Waals surface area contributed by atoms with E-state index in [0.717, 1.165) is 12.0 Å². The predicted molar refractivity (Wildman–Crippen MR) is 72.3 cm³/mol. The average Bonchev–Trinajstić information content (AvgIpc) is 2.38. The number of aromatic hydroxyl groups is 1. The van der Waals surface area contributed by atoms with E-state index in [9.17, 15) is 9.90 Å². The summed E-state index contributed by atoms with van der Waals surface area (Å²) in [6.07, 6.45) is 1.40. The van der Waals surface area contributed by atoms with Crippen LogP contribution in [-0.2, 0) is 11.2 Å². The first-order chi connectivity index (χ1) is 8.45. The largest absolute Gasteiger partial charge is 0.508 e. The minimum atomic E-state index is -0.534. The number of nitrogens with two attached hydrogens (primary N) is 1. The van der Waals surface area contributed by atoms with E-state index in [-0.39, 0.29) is 17.7 Å². The molecule has 0 aliphatic rings. The Balaban J connectivity index is 2.62.